The fourth-order valence-corrected chi connectivity index (χ4v) is 2.17. The molecule has 0 aliphatic heterocycles. The van der Waals surface area contributed by atoms with Gasteiger partial charge in [0.2, 0.25) is 0 Å². The summed E-state index contributed by atoms with van der Waals surface area (Å²) >= 11 is 3.25. The average Bonchev–Trinajstić information content (AvgIpc) is 2.53. The molecule has 1 heterocycles. The predicted molar refractivity (Wildman–Crippen MR) is 85.5 cm³/mol. The number of alkyl carbamates (subject to hydrolysis) is 1. The Morgan fingerprint density at radius 1 is 1.27 bits per heavy atom. The van der Waals surface area contributed by atoms with Gasteiger partial charge in [-0.2, -0.15) is 0 Å². The first-order valence-corrected chi connectivity index (χ1v) is 7.47. The van der Waals surface area contributed by atoms with Crippen LogP contribution in [0.4, 0.5) is 4.79 Å². The lowest BCUT2D eigenvalue weighted by Crippen LogP contribution is -2.38. The summed E-state index contributed by atoms with van der Waals surface area (Å²) < 4.78 is 5.79. The molecule has 1 N–H and O–H groups in total. The van der Waals surface area contributed by atoms with E-state index in [-0.39, 0.29) is 12.4 Å². The number of benzene rings is 1. The first kappa shape index (κ1) is 16.2. The highest BCUT2D eigenvalue weighted by atomic mass is 79.9. The molecule has 1 amide bonds. The Bertz CT molecular complexity index is 661. The fourth-order valence-electron chi connectivity index (χ4n) is 1.80. The second-order valence-corrected chi connectivity index (χ2v) is 5.60. The lowest BCUT2D eigenvalue weighted by molar-refractivity contribution is 0.0926. The molecule has 1 aromatic carbocycles. The van der Waals surface area contributed by atoms with E-state index < -0.39 is 12.1 Å². The molecule has 1 atom stereocenters. The van der Waals surface area contributed by atoms with Crippen molar-refractivity contribution in [2.24, 2.45) is 0 Å². The summed E-state index contributed by atoms with van der Waals surface area (Å²) in [5.74, 6) is -0.231. The molecule has 0 aliphatic rings. The summed E-state index contributed by atoms with van der Waals surface area (Å²) in [4.78, 5) is 27.8. The molecule has 114 valence electrons. The van der Waals surface area contributed by atoms with Gasteiger partial charge < -0.3 is 10.1 Å². The van der Waals surface area contributed by atoms with Crippen LogP contribution in [0.5, 0.6) is 0 Å². The molecule has 6 heteroatoms. The molecule has 0 saturated carbocycles. The quantitative estimate of drug-likeness (QED) is 0.828. The van der Waals surface area contributed by atoms with Crippen LogP contribution in [0.25, 0.3) is 0 Å². The highest BCUT2D eigenvalue weighted by Crippen LogP contribution is 2.11. The SMILES string of the molecule is C[C@H](NC(=O)OCc1ccccc1)C(=O)c1cncc(Br)c1. The Kier molecular flexibility index (Phi) is 5.66. The van der Waals surface area contributed by atoms with Crippen molar-refractivity contribution in [3.05, 3.63) is 64.4 Å². The molecule has 0 saturated heterocycles. The maximum atomic E-state index is 12.2. The molecule has 0 bridgehead atoms. The van der Waals surface area contributed by atoms with Crippen molar-refractivity contribution >= 4 is 27.8 Å². The zero-order chi connectivity index (χ0) is 15.9. The summed E-state index contributed by atoms with van der Waals surface area (Å²) in [5, 5.41) is 2.51. The van der Waals surface area contributed by atoms with Crippen LogP contribution in [0.3, 0.4) is 0 Å². The van der Waals surface area contributed by atoms with Gasteiger partial charge >= 0.3 is 6.09 Å². The van der Waals surface area contributed by atoms with Gasteiger partial charge in [-0.15, -0.1) is 0 Å². The van der Waals surface area contributed by atoms with Crippen LogP contribution in [0.15, 0.2) is 53.3 Å². The smallest absolute Gasteiger partial charge is 0.408 e. The monoisotopic (exact) mass is 362 g/mol. The minimum Gasteiger partial charge on any atom is -0.445 e. The third kappa shape index (κ3) is 4.66. The van der Waals surface area contributed by atoms with E-state index in [9.17, 15) is 9.59 Å². The van der Waals surface area contributed by atoms with Crippen LogP contribution in [-0.2, 0) is 11.3 Å². The van der Waals surface area contributed by atoms with Gasteiger partial charge in [-0.05, 0) is 34.5 Å². The second-order valence-electron chi connectivity index (χ2n) is 4.68. The third-order valence-corrected chi connectivity index (χ3v) is 3.36. The van der Waals surface area contributed by atoms with E-state index in [0.29, 0.717) is 10.0 Å². The number of amides is 1. The van der Waals surface area contributed by atoms with Crippen molar-refractivity contribution in [2.75, 3.05) is 0 Å². The maximum absolute atomic E-state index is 12.2. The molecule has 1 aromatic heterocycles. The zero-order valence-corrected chi connectivity index (χ0v) is 13.5. The van der Waals surface area contributed by atoms with Gasteiger partial charge in [0.05, 0.1) is 6.04 Å². The van der Waals surface area contributed by atoms with Crippen molar-refractivity contribution in [3.8, 4) is 0 Å². The van der Waals surface area contributed by atoms with Crippen LogP contribution in [-0.4, -0.2) is 22.9 Å². The number of nitrogens with zero attached hydrogens (tertiary/aromatic N) is 1. The van der Waals surface area contributed by atoms with E-state index >= 15 is 0 Å². The molecule has 5 nitrogen and oxygen atoms in total. The summed E-state index contributed by atoms with van der Waals surface area (Å²) in [5.41, 5.74) is 1.30. The Morgan fingerprint density at radius 3 is 2.68 bits per heavy atom. The first-order chi connectivity index (χ1) is 10.6. The molecule has 0 radical (unpaired) electrons. The maximum Gasteiger partial charge on any atom is 0.408 e. The number of hydrogen-bond donors (Lipinski definition) is 1. The first-order valence-electron chi connectivity index (χ1n) is 6.68. The lowest BCUT2D eigenvalue weighted by Gasteiger charge is -2.13. The predicted octanol–water partition coefficient (Wildman–Crippen LogP) is 3.34. The van der Waals surface area contributed by atoms with Crippen molar-refractivity contribution in [3.63, 3.8) is 0 Å². The third-order valence-electron chi connectivity index (χ3n) is 2.93. The molecular formula is C16H15BrN2O3. The Labute approximate surface area is 136 Å². The highest BCUT2D eigenvalue weighted by molar-refractivity contribution is 9.10. The van der Waals surface area contributed by atoms with E-state index in [1.807, 2.05) is 30.3 Å². The normalized spacial score (nSPS) is 11.5. The zero-order valence-electron chi connectivity index (χ0n) is 12.0. The minimum atomic E-state index is -0.695. The van der Waals surface area contributed by atoms with Crippen LogP contribution < -0.4 is 5.32 Å². The number of pyridine rings is 1. The molecule has 0 unspecified atom stereocenters. The minimum absolute atomic E-state index is 0.159. The largest absolute Gasteiger partial charge is 0.445 e. The molecular weight excluding hydrogens is 348 g/mol. The molecule has 0 fully saturated rings. The number of aromatic nitrogens is 1. The van der Waals surface area contributed by atoms with Gasteiger partial charge in [-0.25, -0.2) is 4.79 Å². The molecule has 22 heavy (non-hydrogen) atoms. The number of ether oxygens (including phenoxy) is 1. The second kappa shape index (κ2) is 7.70. The highest BCUT2D eigenvalue weighted by Gasteiger charge is 2.18. The number of carbonyl (C=O) groups excluding carboxylic acids is 2. The summed E-state index contributed by atoms with van der Waals surface area (Å²) in [6.45, 7) is 1.76. The molecule has 2 aromatic rings. The Balaban J connectivity index is 1.87. The van der Waals surface area contributed by atoms with E-state index in [0.717, 1.165) is 5.56 Å². The van der Waals surface area contributed by atoms with E-state index in [1.165, 1.54) is 6.20 Å². The number of Topliss-reactive ketones (excluding diaryl/α,β-unsaturated/α-hetero) is 1. The van der Waals surface area contributed by atoms with Crippen molar-refractivity contribution in [1.29, 1.82) is 0 Å². The van der Waals surface area contributed by atoms with Crippen molar-refractivity contribution in [1.82, 2.24) is 10.3 Å². The van der Waals surface area contributed by atoms with Gasteiger partial charge in [0, 0.05) is 22.4 Å². The standard InChI is InChI=1S/C16H15BrN2O3/c1-11(15(20)13-7-14(17)9-18-8-13)19-16(21)22-10-12-5-3-2-4-6-12/h2-9,11H,10H2,1H3,(H,19,21)/t11-/m0/s1. The van der Waals surface area contributed by atoms with Crippen molar-refractivity contribution < 1.29 is 14.3 Å². The number of halogens is 1. The number of carbonyl (C=O) groups is 2. The molecule has 0 spiro atoms. The Hall–Kier alpha value is -2.21. The van der Waals surface area contributed by atoms with Gasteiger partial charge in [0.15, 0.2) is 5.78 Å². The van der Waals surface area contributed by atoms with E-state index in [1.54, 1.807) is 19.2 Å². The Morgan fingerprint density at radius 2 is 2.00 bits per heavy atom. The van der Waals surface area contributed by atoms with Crippen LogP contribution >= 0.6 is 15.9 Å². The van der Waals surface area contributed by atoms with E-state index in [4.69, 9.17) is 4.74 Å². The van der Waals surface area contributed by atoms with Crippen LogP contribution in [0, 0.1) is 0 Å². The summed E-state index contributed by atoms with van der Waals surface area (Å²) in [6.07, 6.45) is 2.41. The van der Waals surface area contributed by atoms with Gasteiger partial charge in [0.25, 0.3) is 0 Å². The van der Waals surface area contributed by atoms with Gasteiger partial charge in [0.1, 0.15) is 6.61 Å². The van der Waals surface area contributed by atoms with Crippen LogP contribution in [0.1, 0.15) is 22.8 Å². The van der Waals surface area contributed by atoms with Crippen molar-refractivity contribution in [2.45, 2.75) is 19.6 Å². The topological polar surface area (TPSA) is 68.3 Å². The number of nitrogens with one attached hydrogen (secondary N) is 1. The van der Waals surface area contributed by atoms with Crippen LogP contribution in [0.2, 0.25) is 0 Å². The molecule has 2 rings (SSSR count). The number of ketones is 1. The summed E-state index contributed by atoms with van der Waals surface area (Å²) in [7, 11) is 0. The molecule has 0 aliphatic carbocycles. The number of hydrogen-bond acceptors (Lipinski definition) is 4. The fraction of sp³-hybridized carbons (Fsp3) is 0.188. The van der Waals surface area contributed by atoms with Gasteiger partial charge in [-0.3, -0.25) is 9.78 Å². The lowest BCUT2D eigenvalue weighted by atomic mass is 10.1. The average molecular weight is 363 g/mol. The van der Waals surface area contributed by atoms with E-state index in [2.05, 4.69) is 26.2 Å². The number of rotatable bonds is 5. The summed E-state index contributed by atoms with van der Waals surface area (Å²) in [6, 6.07) is 10.3. The van der Waals surface area contributed by atoms with Gasteiger partial charge in [-0.1, -0.05) is 30.3 Å².